The van der Waals surface area contributed by atoms with Crippen LogP contribution in [0, 0.1) is 0 Å². The van der Waals surface area contributed by atoms with Crippen molar-refractivity contribution < 1.29 is 9.53 Å². The molecule has 0 amide bonds. The van der Waals surface area contributed by atoms with Crippen LogP contribution in [0.3, 0.4) is 0 Å². The molecule has 0 radical (unpaired) electrons. The van der Waals surface area contributed by atoms with Crippen LogP contribution in [0.15, 0.2) is 24.0 Å². The lowest BCUT2D eigenvalue weighted by molar-refractivity contribution is -0.107. The summed E-state index contributed by atoms with van der Waals surface area (Å²) in [7, 11) is 0. The summed E-state index contributed by atoms with van der Waals surface area (Å²) in [5.41, 5.74) is 0.783. The van der Waals surface area contributed by atoms with Gasteiger partial charge in [-0.3, -0.25) is 4.79 Å². The molecule has 0 fully saturated rings. The molecule has 1 rings (SSSR count). The summed E-state index contributed by atoms with van der Waals surface area (Å²) in [6.45, 7) is 10.4. The van der Waals surface area contributed by atoms with E-state index in [2.05, 4.69) is 20.4 Å². The molecule has 1 aliphatic rings. The first-order valence-electron chi connectivity index (χ1n) is 7.73. The molecule has 0 aromatic carbocycles. The van der Waals surface area contributed by atoms with Gasteiger partial charge >= 0.3 is 0 Å². The van der Waals surface area contributed by atoms with Crippen molar-refractivity contribution in [3.63, 3.8) is 0 Å². The van der Waals surface area contributed by atoms with Gasteiger partial charge in [-0.25, -0.2) is 0 Å². The molecule has 3 heteroatoms. The number of ether oxygens (including phenoxy) is 1. The zero-order valence-electron chi connectivity index (χ0n) is 13.2. The van der Waals surface area contributed by atoms with Gasteiger partial charge in [0.25, 0.3) is 0 Å². The van der Waals surface area contributed by atoms with Gasteiger partial charge in [0, 0.05) is 5.57 Å². The van der Waals surface area contributed by atoms with E-state index < -0.39 is 0 Å². The quantitative estimate of drug-likeness (QED) is 0.407. The summed E-state index contributed by atoms with van der Waals surface area (Å²) in [6.07, 6.45) is 10.4. The molecule has 0 saturated carbocycles. The summed E-state index contributed by atoms with van der Waals surface area (Å²) >= 11 is 1.43. The van der Waals surface area contributed by atoms with Crippen LogP contribution >= 0.6 is 11.8 Å². The second kappa shape index (κ2) is 8.56. The first-order valence-corrected chi connectivity index (χ1v) is 8.55. The zero-order valence-corrected chi connectivity index (χ0v) is 14.0. The van der Waals surface area contributed by atoms with E-state index in [1.165, 1.54) is 43.9 Å². The lowest BCUT2D eigenvalue weighted by Crippen LogP contribution is -2.22. The molecule has 0 aromatic rings. The molecule has 0 aromatic heterocycles. The van der Waals surface area contributed by atoms with E-state index in [9.17, 15) is 4.79 Å². The Balaban J connectivity index is 2.49. The maximum absolute atomic E-state index is 11.9. The summed E-state index contributed by atoms with van der Waals surface area (Å²) in [4.78, 5) is 11.9. The van der Waals surface area contributed by atoms with Gasteiger partial charge in [-0.1, -0.05) is 69.9 Å². The van der Waals surface area contributed by atoms with Crippen molar-refractivity contribution in [3.8, 4) is 0 Å². The SMILES string of the molecule is C=CCOC1=C(C)C(=O)S[C@]1(C)CCCCCCCC. The van der Waals surface area contributed by atoms with Crippen LogP contribution in [-0.4, -0.2) is 16.5 Å². The maximum Gasteiger partial charge on any atom is 0.219 e. The number of carbonyl (C=O) groups is 1. The Hall–Kier alpha value is -0.700. The predicted octanol–water partition coefficient (Wildman–Crippen LogP) is 5.25. The second-order valence-electron chi connectivity index (χ2n) is 5.69. The largest absolute Gasteiger partial charge is 0.492 e. The number of rotatable bonds is 10. The lowest BCUT2D eigenvalue weighted by Gasteiger charge is -2.26. The van der Waals surface area contributed by atoms with Gasteiger partial charge in [-0.15, -0.1) is 0 Å². The highest BCUT2D eigenvalue weighted by atomic mass is 32.2. The van der Waals surface area contributed by atoms with E-state index in [-0.39, 0.29) is 9.86 Å². The van der Waals surface area contributed by atoms with Gasteiger partial charge < -0.3 is 4.74 Å². The molecule has 0 bridgehead atoms. The van der Waals surface area contributed by atoms with Crippen LogP contribution in [0.1, 0.15) is 65.7 Å². The third-order valence-corrected chi connectivity index (χ3v) is 5.13. The fraction of sp³-hybridized carbons (Fsp3) is 0.706. The van der Waals surface area contributed by atoms with E-state index in [0.717, 1.165) is 24.2 Å². The van der Waals surface area contributed by atoms with Crippen molar-refractivity contribution in [1.82, 2.24) is 0 Å². The van der Waals surface area contributed by atoms with Crippen molar-refractivity contribution in [2.45, 2.75) is 70.5 Å². The summed E-state index contributed by atoms with van der Waals surface area (Å²) in [5.74, 6) is 0.876. The Morgan fingerprint density at radius 3 is 2.55 bits per heavy atom. The summed E-state index contributed by atoms with van der Waals surface area (Å²) in [6, 6.07) is 0. The summed E-state index contributed by atoms with van der Waals surface area (Å²) < 4.78 is 5.59. The van der Waals surface area contributed by atoms with Gasteiger partial charge in [-0.2, -0.15) is 0 Å². The minimum absolute atomic E-state index is 0.164. The topological polar surface area (TPSA) is 26.3 Å². The van der Waals surface area contributed by atoms with E-state index in [4.69, 9.17) is 4.74 Å². The van der Waals surface area contributed by atoms with E-state index in [1.54, 1.807) is 6.08 Å². The normalized spacial score (nSPS) is 22.4. The van der Waals surface area contributed by atoms with Gasteiger partial charge in [0.1, 0.15) is 12.4 Å². The Morgan fingerprint density at radius 2 is 1.90 bits per heavy atom. The third-order valence-electron chi connectivity index (χ3n) is 3.80. The molecule has 2 nitrogen and oxygen atoms in total. The Morgan fingerprint density at radius 1 is 1.25 bits per heavy atom. The molecule has 1 heterocycles. The van der Waals surface area contributed by atoms with Crippen LogP contribution in [0.25, 0.3) is 0 Å². The number of hydrogen-bond donors (Lipinski definition) is 0. The zero-order chi connectivity index (χ0) is 15.0. The van der Waals surface area contributed by atoms with Crippen molar-refractivity contribution in [3.05, 3.63) is 24.0 Å². The highest BCUT2D eigenvalue weighted by molar-refractivity contribution is 8.15. The van der Waals surface area contributed by atoms with Crippen LogP contribution in [0.4, 0.5) is 0 Å². The van der Waals surface area contributed by atoms with Crippen molar-refractivity contribution >= 4 is 16.9 Å². The van der Waals surface area contributed by atoms with Crippen LogP contribution in [0.2, 0.25) is 0 Å². The predicted molar refractivity (Wildman–Crippen MR) is 87.8 cm³/mol. The molecular weight excluding hydrogens is 268 g/mol. The van der Waals surface area contributed by atoms with Gasteiger partial charge in [0.15, 0.2) is 0 Å². The van der Waals surface area contributed by atoms with E-state index in [0.29, 0.717) is 6.61 Å². The number of hydrogen-bond acceptors (Lipinski definition) is 3. The number of thioether (sulfide) groups is 1. The molecule has 0 spiro atoms. The molecular formula is C17H28O2S. The standard InChI is InChI=1S/C17H28O2S/c1-5-7-8-9-10-11-12-17(4)15(19-13-6-2)14(3)16(18)20-17/h6H,2,5,7-13H2,1,3-4H3/t17-/m1/s1. The maximum atomic E-state index is 11.9. The minimum atomic E-state index is -0.172. The van der Waals surface area contributed by atoms with Crippen molar-refractivity contribution in [1.29, 1.82) is 0 Å². The molecule has 0 aliphatic carbocycles. The second-order valence-corrected chi connectivity index (χ2v) is 7.17. The molecule has 20 heavy (non-hydrogen) atoms. The fourth-order valence-corrected chi connectivity index (χ4v) is 3.83. The van der Waals surface area contributed by atoms with E-state index in [1.807, 2.05) is 6.92 Å². The minimum Gasteiger partial charge on any atom is -0.492 e. The van der Waals surface area contributed by atoms with Crippen molar-refractivity contribution in [2.24, 2.45) is 0 Å². The smallest absolute Gasteiger partial charge is 0.219 e. The Labute approximate surface area is 128 Å². The van der Waals surface area contributed by atoms with Gasteiger partial charge in [0.05, 0.1) is 4.75 Å². The van der Waals surface area contributed by atoms with E-state index >= 15 is 0 Å². The Kier molecular flexibility index (Phi) is 7.42. The molecule has 0 N–H and O–H groups in total. The highest BCUT2D eigenvalue weighted by Gasteiger charge is 2.42. The number of unbranched alkanes of at least 4 members (excludes halogenated alkanes) is 5. The molecule has 114 valence electrons. The molecule has 1 atom stereocenters. The molecule has 1 aliphatic heterocycles. The fourth-order valence-electron chi connectivity index (χ4n) is 2.63. The molecule has 0 saturated heterocycles. The van der Waals surface area contributed by atoms with Crippen molar-refractivity contribution in [2.75, 3.05) is 6.61 Å². The first kappa shape index (κ1) is 17.4. The molecule has 0 unspecified atom stereocenters. The van der Waals surface area contributed by atoms with Crippen LogP contribution < -0.4 is 0 Å². The highest BCUT2D eigenvalue weighted by Crippen LogP contribution is 2.47. The van der Waals surface area contributed by atoms with Gasteiger partial charge in [-0.05, 0) is 20.3 Å². The average molecular weight is 296 g/mol. The monoisotopic (exact) mass is 296 g/mol. The van der Waals surface area contributed by atoms with Crippen LogP contribution in [0.5, 0.6) is 0 Å². The number of carbonyl (C=O) groups excluding carboxylic acids is 1. The lowest BCUT2D eigenvalue weighted by atomic mass is 9.97. The van der Waals surface area contributed by atoms with Crippen LogP contribution in [-0.2, 0) is 9.53 Å². The summed E-state index contributed by atoms with van der Waals surface area (Å²) in [5, 5.41) is 0.164. The van der Waals surface area contributed by atoms with Gasteiger partial charge in [0.2, 0.25) is 5.12 Å². The Bertz CT molecular complexity index is 373. The third kappa shape index (κ3) is 4.69. The average Bonchev–Trinajstić information content (AvgIpc) is 2.63. The first-order chi connectivity index (χ1) is 9.55.